The number of nitriles is 1. The van der Waals surface area contributed by atoms with Gasteiger partial charge in [0.25, 0.3) is 0 Å². The minimum Gasteiger partial charge on any atom is -0.481 e. The second-order valence-electron chi connectivity index (χ2n) is 3.45. The zero-order valence-corrected chi connectivity index (χ0v) is 9.03. The lowest BCUT2D eigenvalue weighted by atomic mass is 10.1. The average molecular weight is 255 g/mol. The summed E-state index contributed by atoms with van der Waals surface area (Å²) < 4.78 is 37.5. The van der Waals surface area contributed by atoms with E-state index in [1.54, 1.807) is 6.07 Å². The van der Waals surface area contributed by atoms with Gasteiger partial charge in [-0.15, -0.1) is 0 Å². The summed E-state index contributed by atoms with van der Waals surface area (Å²) >= 11 is 0. The molecule has 0 fully saturated rings. The van der Waals surface area contributed by atoms with Crippen LogP contribution in [0.3, 0.4) is 0 Å². The molecule has 0 bridgehead atoms. The van der Waals surface area contributed by atoms with Crippen LogP contribution < -0.4 is 0 Å². The fourth-order valence-electron chi connectivity index (χ4n) is 1.27. The lowest BCUT2D eigenvalue weighted by Gasteiger charge is -2.07. The first-order chi connectivity index (χ1) is 8.32. The van der Waals surface area contributed by atoms with E-state index in [1.165, 1.54) is 18.2 Å². The Labute approximate surface area is 101 Å². The van der Waals surface area contributed by atoms with E-state index >= 15 is 0 Å². The van der Waals surface area contributed by atoms with E-state index in [0.29, 0.717) is 0 Å². The maximum absolute atomic E-state index is 12.5. The molecule has 0 atom stereocenters. The lowest BCUT2D eigenvalue weighted by Crippen LogP contribution is -2.05. The van der Waals surface area contributed by atoms with Gasteiger partial charge < -0.3 is 5.11 Å². The highest BCUT2D eigenvalue weighted by Gasteiger charge is 2.30. The summed E-state index contributed by atoms with van der Waals surface area (Å²) in [6.07, 6.45) is -2.37. The molecule has 1 rings (SSSR count). The summed E-state index contributed by atoms with van der Waals surface area (Å²) in [5.41, 5.74) is -0.918. The van der Waals surface area contributed by atoms with Gasteiger partial charge in [0.05, 0.1) is 23.6 Å². The predicted octanol–water partition coefficient (Wildman–Crippen LogP) is 3.06. The molecule has 0 saturated heterocycles. The second-order valence-corrected chi connectivity index (χ2v) is 3.45. The van der Waals surface area contributed by atoms with Crippen molar-refractivity contribution in [2.45, 2.75) is 12.6 Å². The largest absolute Gasteiger partial charge is 0.481 e. The Morgan fingerprint density at radius 2 is 2.06 bits per heavy atom. The van der Waals surface area contributed by atoms with Gasteiger partial charge in [-0.1, -0.05) is 12.2 Å². The molecule has 0 aromatic heterocycles. The smallest absolute Gasteiger partial charge is 0.416 e. The summed E-state index contributed by atoms with van der Waals surface area (Å²) in [6.45, 7) is 0. The van der Waals surface area contributed by atoms with Crippen LogP contribution >= 0.6 is 0 Å². The van der Waals surface area contributed by atoms with Crippen molar-refractivity contribution in [3.05, 3.63) is 41.0 Å². The molecule has 1 aromatic rings. The number of benzene rings is 1. The van der Waals surface area contributed by atoms with E-state index in [1.807, 2.05) is 0 Å². The lowest BCUT2D eigenvalue weighted by molar-refractivity contribution is -0.138. The average Bonchev–Trinajstić information content (AvgIpc) is 2.27. The van der Waals surface area contributed by atoms with E-state index in [0.717, 1.165) is 12.1 Å². The summed E-state index contributed by atoms with van der Waals surface area (Å²) in [6, 6.07) is 4.49. The Morgan fingerprint density at radius 3 is 2.56 bits per heavy atom. The number of carboxylic acid groups (broad SMARTS) is 1. The van der Waals surface area contributed by atoms with E-state index in [-0.39, 0.29) is 17.5 Å². The summed E-state index contributed by atoms with van der Waals surface area (Å²) in [5.74, 6) is -1.08. The van der Waals surface area contributed by atoms with Crippen LogP contribution in [0.5, 0.6) is 0 Å². The number of carboxylic acids is 1. The molecule has 0 heterocycles. The van der Waals surface area contributed by atoms with Crippen molar-refractivity contribution in [3.63, 3.8) is 0 Å². The molecule has 0 amide bonds. The Balaban J connectivity index is 3.10. The van der Waals surface area contributed by atoms with Crippen LogP contribution in [-0.2, 0) is 11.0 Å². The monoisotopic (exact) mass is 255 g/mol. The van der Waals surface area contributed by atoms with E-state index < -0.39 is 17.7 Å². The first-order valence-electron chi connectivity index (χ1n) is 4.83. The third-order valence-corrected chi connectivity index (χ3v) is 2.01. The zero-order chi connectivity index (χ0) is 13.8. The van der Waals surface area contributed by atoms with Crippen LogP contribution in [0.2, 0.25) is 0 Å². The highest BCUT2D eigenvalue weighted by atomic mass is 19.4. The normalized spacial score (nSPS) is 11.4. The Hall–Kier alpha value is -2.29. The molecule has 1 aromatic carbocycles. The van der Waals surface area contributed by atoms with Crippen molar-refractivity contribution in [1.29, 1.82) is 5.26 Å². The van der Waals surface area contributed by atoms with Crippen LogP contribution in [0.15, 0.2) is 24.3 Å². The molecule has 0 aliphatic rings. The van der Waals surface area contributed by atoms with Crippen LogP contribution in [0.25, 0.3) is 6.08 Å². The third kappa shape index (κ3) is 3.94. The SMILES string of the molecule is N#Cc1cc(C=CCC(=O)O)cc(C(F)(F)F)c1. The molecule has 0 aliphatic heterocycles. The molecule has 18 heavy (non-hydrogen) atoms. The van der Waals surface area contributed by atoms with Gasteiger partial charge in [0, 0.05) is 0 Å². The topological polar surface area (TPSA) is 61.1 Å². The summed E-state index contributed by atoms with van der Waals surface area (Å²) in [4.78, 5) is 10.3. The number of halogens is 3. The minimum absolute atomic E-state index is 0.125. The molecule has 94 valence electrons. The second kappa shape index (κ2) is 5.36. The first-order valence-corrected chi connectivity index (χ1v) is 4.83. The standard InChI is InChI=1S/C12H8F3NO2/c13-12(14,15)10-5-8(2-1-3-11(17)18)4-9(6-10)7-16/h1-2,4-6H,3H2,(H,17,18). The maximum atomic E-state index is 12.5. The van der Waals surface area contributed by atoms with Crippen LogP contribution in [0, 0.1) is 11.3 Å². The van der Waals surface area contributed by atoms with Gasteiger partial charge in [-0.05, 0) is 23.8 Å². The molecule has 6 heteroatoms. The molecular weight excluding hydrogens is 247 g/mol. The summed E-state index contributed by atoms with van der Waals surface area (Å²) in [5, 5.41) is 17.0. The van der Waals surface area contributed by atoms with Gasteiger partial charge in [0.2, 0.25) is 0 Å². The van der Waals surface area contributed by atoms with Gasteiger partial charge in [0.1, 0.15) is 0 Å². The fourth-order valence-corrected chi connectivity index (χ4v) is 1.27. The first kappa shape index (κ1) is 13.8. The highest BCUT2D eigenvalue weighted by Crippen LogP contribution is 2.30. The minimum atomic E-state index is -4.54. The molecule has 0 radical (unpaired) electrons. The van der Waals surface area contributed by atoms with Gasteiger partial charge in [-0.3, -0.25) is 4.79 Å². The third-order valence-electron chi connectivity index (χ3n) is 2.01. The van der Waals surface area contributed by atoms with Gasteiger partial charge in [0.15, 0.2) is 0 Å². The Bertz CT molecular complexity index is 527. The van der Waals surface area contributed by atoms with Crippen molar-refractivity contribution in [2.75, 3.05) is 0 Å². The number of nitrogens with zero attached hydrogens (tertiary/aromatic N) is 1. The van der Waals surface area contributed by atoms with Crippen LogP contribution in [0.4, 0.5) is 13.2 Å². The molecule has 0 unspecified atom stereocenters. The number of hydrogen-bond donors (Lipinski definition) is 1. The van der Waals surface area contributed by atoms with Gasteiger partial charge in [-0.25, -0.2) is 0 Å². The number of rotatable bonds is 3. The number of carbonyl (C=O) groups is 1. The Kier molecular flexibility index (Phi) is 4.10. The van der Waals surface area contributed by atoms with Crippen molar-refractivity contribution in [3.8, 4) is 6.07 Å². The van der Waals surface area contributed by atoms with Gasteiger partial charge in [-0.2, -0.15) is 18.4 Å². The molecule has 0 spiro atoms. The van der Waals surface area contributed by atoms with Crippen molar-refractivity contribution < 1.29 is 23.1 Å². The Morgan fingerprint density at radius 1 is 1.39 bits per heavy atom. The van der Waals surface area contributed by atoms with Crippen LogP contribution in [-0.4, -0.2) is 11.1 Å². The van der Waals surface area contributed by atoms with E-state index in [2.05, 4.69) is 0 Å². The zero-order valence-electron chi connectivity index (χ0n) is 9.03. The van der Waals surface area contributed by atoms with Crippen LogP contribution in [0.1, 0.15) is 23.1 Å². The van der Waals surface area contributed by atoms with E-state index in [4.69, 9.17) is 10.4 Å². The predicted molar refractivity (Wildman–Crippen MR) is 57.4 cm³/mol. The van der Waals surface area contributed by atoms with Crippen molar-refractivity contribution in [2.24, 2.45) is 0 Å². The maximum Gasteiger partial charge on any atom is 0.416 e. The van der Waals surface area contributed by atoms with E-state index in [9.17, 15) is 18.0 Å². The summed E-state index contributed by atoms with van der Waals surface area (Å²) in [7, 11) is 0. The molecule has 3 nitrogen and oxygen atoms in total. The molecule has 0 aliphatic carbocycles. The fraction of sp³-hybridized carbons (Fsp3) is 0.167. The van der Waals surface area contributed by atoms with Crippen molar-refractivity contribution in [1.82, 2.24) is 0 Å². The molecule has 1 N–H and O–H groups in total. The van der Waals surface area contributed by atoms with Crippen molar-refractivity contribution >= 4 is 12.0 Å². The number of alkyl halides is 3. The number of hydrogen-bond acceptors (Lipinski definition) is 2. The number of aliphatic carboxylic acids is 1. The molecule has 0 saturated carbocycles. The molecular formula is C12H8F3NO2. The van der Waals surface area contributed by atoms with Gasteiger partial charge >= 0.3 is 12.1 Å². The quantitative estimate of drug-likeness (QED) is 0.902. The highest BCUT2D eigenvalue weighted by molar-refractivity contribution is 5.70.